The SMILES string of the molecule is Cc1c(-c2ccco2)nc2sc(C(=O)O)c(C)n12. The fourth-order valence-corrected chi connectivity index (χ4v) is 3.06. The van der Waals surface area contributed by atoms with Crippen LogP contribution < -0.4 is 0 Å². The fourth-order valence-electron chi connectivity index (χ4n) is 2.05. The number of carboxylic acids is 1. The first kappa shape index (κ1) is 11.0. The van der Waals surface area contributed by atoms with Gasteiger partial charge in [-0.05, 0) is 26.0 Å². The minimum Gasteiger partial charge on any atom is -0.477 e. The maximum atomic E-state index is 11.1. The van der Waals surface area contributed by atoms with Gasteiger partial charge in [0.05, 0.1) is 12.0 Å². The molecule has 0 aromatic carbocycles. The van der Waals surface area contributed by atoms with Gasteiger partial charge in [0, 0.05) is 5.69 Å². The lowest BCUT2D eigenvalue weighted by atomic mass is 10.3. The molecule has 0 aliphatic heterocycles. The molecule has 3 aromatic heterocycles. The van der Waals surface area contributed by atoms with Gasteiger partial charge in [0.2, 0.25) is 0 Å². The lowest BCUT2D eigenvalue weighted by Crippen LogP contribution is -1.98. The van der Waals surface area contributed by atoms with E-state index in [-0.39, 0.29) is 0 Å². The molecule has 5 nitrogen and oxygen atoms in total. The van der Waals surface area contributed by atoms with E-state index in [1.807, 2.05) is 17.4 Å². The molecule has 0 amide bonds. The number of aryl methyl sites for hydroxylation is 2. The van der Waals surface area contributed by atoms with Crippen LogP contribution in [0.1, 0.15) is 21.1 Å². The van der Waals surface area contributed by atoms with Crippen LogP contribution in [0.3, 0.4) is 0 Å². The quantitative estimate of drug-likeness (QED) is 0.771. The normalized spacial score (nSPS) is 11.2. The minimum absolute atomic E-state index is 0.326. The lowest BCUT2D eigenvalue weighted by molar-refractivity contribution is 0.0701. The molecule has 3 heterocycles. The van der Waals surface area contributed by atoms with Crippen molar-refractivity contribution >= 4 is 22.3 Å². The third-order valence-electron chi connectivity index (χ3n) is 2.88. The van der Waals surface area contributed by atoms with Crippen molar-refractivity contribution in [2.45, 2.75) is 13.8 Å². The van der Waals surface area contributed by atoms with Crippen LogP contribution in [-0.4, -0.2) is 20.5 Å². The molecule has 0 aliphatic rings. The number of aromatic carboxylic acids is 1. The maximum absolute atomic E-state index is 11.1. The van der Waals surface area contributed by atoms with Gasteiger partial charge in [0.15, 0.2) is 10.7 Å². The van der Waals surface area contributed by atoms with Crippen LogP contribution in [0.2, 0.25) is 0 Å². The highest BCUT2D eigenvalue weighted by Gasteiger charge is 2.21. The van der Waals surface area contributed by atoms with Gasteiger partial charge in [-0.3, -0.25) is 4.40 Å². The van der Waals surface area contributed by atoms with E-state index < -0.39 is 5.97 Å². The van der Waals surface area contributed by atoms with E-state index in [0.29, 0.717) is 21.3 Å². The third-order valence-corrected chi connectivity index (χ3v) is 4.01. The summed E-state index contributed by atoms with van der Waals surface area (Å²) in [4.78, 5) is 16.5. The molecule has 6 heteroatoms. The molecule has 0 spiro atoms. The van der Waals surface area contributed by atoms with Crippen LogP contribution in [0.15, 0.2) is 22.8 Å². The minimum atomic E-state index is -0.915. The van der Waals surface area contributed by atoms with Gasteiger partial charge in [0.1, 0.15) is 10.6 Å². The molecule has 0 atom stereocenters. The third kappa shape index (κ3) is 1.39. The Morgan fingerprint density at radius 1 is 1.44 bits per heavy atom. The van der Waals surface area contributed by atoms with Crippen LogP contribution >= 0.6 is 11.3 Å². The zero-order valence-electron chi connectivity index (χ0n) is 9.80. The zero-order chi connectivity index (χ0) is 12.9. The number of fused-ring (bicyclic) bond motifs is 1. The van der Waals surface area contributed by atoms with E-state index in [9.17, 15) is 4.79 Å². The molecule has 3 aromatic rings. The van der Waals surface area contributed by atoms with E-state index in [1.165, 1.54) is 11.3 Å². The van der Waals surface area contributed by atoms with Crippen LogP contribution in [0, 0.1) is 13.8 Å². The molecule has 3 rings (SSSR count). The van der Waals surface area contributed by atoms with Crippen molar-refractivity contribution in [3.05, 3.63) is 34.7 Å². The summed E-state index contributed by atoms with van der Waals surface area (Å²) >= 11 is 1.17. The number of nitrogens with zero attached hydrogens (tertiary/aromatic N) is 2. The molecule has 0 fully saturated rings. The Morgan fingerprint density at radius 2 is 2.22 bits per heavy atom. The summed E-state index contributed by atoms with van der Waals surface area (Å²) in [6.45, 7) is 3.69. The molecule has 0 bridgehead atoms. The van der Waals surface area contributed by atoms with Crippen molar-refractivity contribution in [1.29, 1.82) is 0 Å². The summed E-state index contributed by atoms with van der Waals surface area (Å²) in [5.74, 6) is -0.221. The highest BCUT2D eigenvalue weighted by atomic mass is 32.1. The topological polar surface area (TPSA) is 67.7 Å². The largest absolute Gasteiger partial charge is 0.477 e. The first-order valence-electron chi connectivity index (χ1n) is 5.35. The number of thiazole rings is 1. The Morgan fingerprint density at radius 3 is 2.78 bits per heavy atom. The fraction of sp³-hybridized carbons (Fsp3) is 0.167. The second-order valence-electron chi connectivity index (χ2n) is 3.96. The highest BCUT2D eigenvalue weighted by Crippen LogP contribution is 2.30. The number of furan rings is 1. The van der Waals surface area contributed by atoms with Crippen LogP contribution in [0.25, 0.3) is 16.4 Å². The predicted molar refractivity (Wildman–Crippen MR) is 67.2 cm³/mol. The number of carbonyl (C=O) groups is 1. The Bertz CT molecular complexity index is 737. The van der Waals surface area contributed by atoms with Crippen molar-refractivity contribution in [2.75, 3.05) is 0 Å². The molecule has 0 unspecified atom stereocenters. The first-order valence-corrected chi connectivity index (χ1v) is 6.17. The van der Waals surface area contributed by atoms with E-state index in [2.05, 4.69) is 4.98 Å². The van der Waals surface area contributed by atoms with Crippen molar-refractivity contribution in [3.63, 3.8) is 0 Å². The molecule has 0 saturated heterocycles. The summed E-state index contributed by atoms with van der Waals surface area (Å²) in [6.07, 6.45) is 1.59. The second kappa shape index (κ2) is 3.71. The molecule has 0 radical (unpaired) electrons. The molecular weight excluding hydrogens is 252 g/mol. The monoisotopic (exact) mass is 262 g/mol. The van der Waals surface area contributed by atoms with Crippen LogP contribution in [0.4, 0.5) is 0 Å². The molecule has 0 saturated carbocycles. The van der Waals surface area contributed by atoms with Gasteiger partial charge in [-0.2, -0.15) is 0 Å². The Labute approximate surface area is 106 Å². The number of aromatic nitrogens is 2. The summed E-state index contributed by atoms with van der Waals surface area (Å²) in [5.41, 5.74) is 2.35. The van der Waals surface area contributed by atoms with Crippen molar-refractivity contribution in [1.82, 2.24) is 9.38 Å². The number of imidazole rings is 1. The summed E-state index contributed by atoms with van der Waals surface area (Å²) in [6, 6.07) is 3.64. The second-order valence-corrected chi connectivity index (χ2v) is 4.94. The van der Waals surface area contributed by atoms with E-state index in [0.717, 1.165) is 11.4 Å². The van der Waals surface area contributed by atoms with Gasteiger partial charge >= 0.3 is 5.97 Å². The lowest BCUT2D eigenvalue weighted by Gasteiger charge is -1.97. The molecule has 18 heavy (non-hydrogen) atoms. The smallest absolute Gasteiger partial charge is 0.347 e. The summed E-state index contributed by atoms with van der Waals surface area (Å²) < 4.78 is 7.18. The molecule has 0 aliphatic carbocycles. The number of carboxylic acid groups (broad SMARTS) is 1. The van der Waals surface area contributed by atoms with E-state index in [1.54, 1.807) is 19.3 Å². The van der Waals surface area contributed by atoms with Crippen molar-refractivity contribution in [2.24, 2.45) is 0 Å². The maximum Gasteiger partial charge on any atom is 0.347 e. The van der Waals surface area contributed by atoms with Gasteiger partial charge in [0.25, 0.3) is 0 Å². The summed E-state index contributed by atoms with van der Waals surface area (Å²) in [7, 11) is 0. The number of hydrogen-bond acceptors (Lipinski definition) is 4. The van der Waals surface area contributed by atoms with Gasteiger partial charge < -0.3 is 9.52 Å². The number of rotatable bonds is 2. The van der Waals surface area contributed by atoms with Crippen molar-refractivity contribution in [3.8, 4) is 11.5 Å². The predicted octanol–water partition coefficient (Wildman–Crippen LogP) is 2.97. The molecular formula is C12H10N2O3S. The number of hydrogen-bond donors (Lipinski definition) is 1. The zero-order valence-corrected chi connectivity index (χ0v) is 10.6. The highest BCUT2D eigenvalue weighted by molar-refractivity contribution is 7.19. The van der Waals surface area contributed by atoms with Crippen LogP contribution in [-0.2, 0) is 0 Å². The average molecular weight is 262 g/mol. The Balaban J connectivity index is 2.29. The van der Waals surface area contributed by atoms with Gasteiger partial charge in [-0.25, -0.2) is 9.78 Å². The first-order chi connectivity index (χ1) is 8.59. The standard InChI is InChI=1S/C12H10N2O3S/c1-6-9(8-4-3-5-17-8)13-12-14(6)7(2)10(18-12)11(15)16/h3-5H,1-2H3,(H,15,16). The Hall–Kier alpha value is -2.08. The van der Waals surface area contributed by atoms with Crippen molar-refractivity contribution < 1.29 is 14.3 Å². The van der Waals surface area contributed by atoms with Gasteiger partial charge in [-0.15, -0.1) is 0 Å². The van der Waals surface area contributed by atoms with Gasteiger partial charge in [-0.1, -0.05) is 11.3 Å². The van der Waals surface area contributed by atoms with E-state index in [4.69, 9.17) is 9.52 Å². The molecule has 1 N–H and O–H groups in total. The average Bonchev–Trinajstić information content (AvgIpc) is 2.97. The molecule has 92 valence electrons. The Kier molecular flexibility index (Phi) is 2.27. The van der Waals surface area contributed by atoms with E-state index >= 15 is 0 Å². The summed E-state index contributed by atoms with van der Waals surface area (Å²) in [5, 5.41) is 9.08. The van der Waals surface area contributed by atoms with Crippen LogP contribution in [0.5, 0.6) is 0 Å².